The molecule has 1 aromatic rings. The molecule has 0 aliphatic heterocycles. The Balaban J connectivity index is 1.91. The van der Waals surface area contributed by atoms with Gasteiger partial charge in [-0.25, -0.2) is 0 Å². The van der Waals surface area contributed by atoms with E-state index in [2.05, 4.69) is 15.5 Å². The van der Waals surface area contributed by atoms with Crippen molar-refractivity contribution in [2.75, 3.05) is 6.54 Å². The van der Waals surface area contributed by atoms with Crippen LogP contribution in [-0.4, -0.2) is 37.9 Å². The molecule has 0 radical (unpaired) electrons. The molecule has 0 unspecified atom stereocenters. The summed E-state index contributed by atoms with van der Waals surface area (Å²) >= 11 is 5.20. The van der Waals surface area contributed by atoms with E-state index in [1.165, 1.54) is 0 Å². The van der Waals surface area contributed by atoms with Gasteiger partial charge in [-0.3, -0.25) is 9.89 Å². The van der Waals surface area contributed by atoms with Gasteiger partial charge in [-0.05, 0) is 37.9 Å². The average molecular weight is 312 g/mol. The zero-order chi connectivity index (χ0) is 15.6. The number of carbonyl (C=O) groups excluding carboxylic acids is 1. The van der Waals surface area contributed by atoms with Crippen molar-refractivity contribution in [3.05, 3.63) is 10.6 Å². The number of aromatic amines is 1. The van der Waals surface area contributed by atoms with Crippen molar-refractivity contribution < 1.29 is 9.90 Å². The second kappa shape index (κ2) is 6.27. The van der Waals surface area contributed by atoms with Crippen molar-refractivity contribution in [2.45, 2.75) is 58.1 Å². The molecule has 1 aliphatic carbocycles. The number of hydrogen-bond acceptors (Lipinski definition) is 4. The Morgan fingerprint density at radius 2 is 2.29 bits per heavy atom. The molecule has 1 heterocycles. The molecule has 3 N–H and O–H groups in total. The Hall–Kier alpha value is -1.21. The van der Waals surface area contributed by atoms with Crippen molar-refractivity contribution >= 4 is 18.1 Å². The molecule has 7 heteroatoms. The predicted molar refractivity (Wildman–Crippen MR) is 82.5 cm³/mol. The minimum Gasteiger partial charge on any atom is -0.380 e. The zero-order valence-electron chi connectivity index (χ0n) is 12.8. The van der Waals surface area contributed by atoms with Crippen LogP contribution in [0.25, 0.3) is 0 Å². The van der Waals surface area contributed by atoms with Gasteiger partial charge in [-0.2, -0.15) is 5.10 Å². The fourth-order valence-corrected chi connectivity index (χ4v) is 2.83. The van der Waals surface area contributed by atoms with Gasteiger partial charge in [0.2, 0.25) is 0 Å². The van der Waals surface area contributed by atoms with Crippen LogP contribution in [0.5, 0.6) is 0 Å². The molecule has 0 bridgehead atoms. The number of rotatable bonds is 6. The van der Waals surface area contributed by atoms with Gasteiger partial charge in [0.15, 0.2) is 4.77 Å². The van der Waals surface area contributed by atoms with Gasteiger partial charge in [0.25, 0.3) is 5.91 Å². The number of nitrogens with zero attached hydrogens (tertiary/aromatic N) is 2. The molecule has 21 heavy (non-hydrogen) atoms. The van der Waals surface area contributed by atoms with Gasteiger partial charge in [-0.1, -0.05) is 20.3 Å². The van der Waals surface area contributed by atoms with E-state index < -0.39 is 5.60 Å². The van der Waals surface area contributed by atoms with E-state index in [0.29, 0.717) is 17.9 Å². The lowest BCUT2D eigenvalue weighted by molar-refractivity contribution is -0.147. The van der Waals surface area contributed by atoms with Crippen LogP contribution in [0.15, 0.2) is 0 Å². The predicted octanol–water partition coefficient (Wildman–Crippen LogP) is 1.73. The Morgan fingerprint density at radius 3 is 2.81 bits per heavy atom. The summed E-state index contributed by atoms with van der Waals surface area (Å²) in [7, 11) is 0. The highest BCUT2D eigenvalue weighted by Gasteiger charge is 2.41. The van der Waals surface area contributed by atoms with E-state index in [0.717, 1.165) is 25.1 Å². The minimum absolute atomic E-state index is 0.0832. The Bertz CT molecular complexity index is 558. The number of nitrogens with one attached hydrogen (secondary N) is 2. The van der Waals surface area contributed by atoms with Crippen molar-refractivity contribution in [1.82, 2.24) is 20.1 Å². The molecule has 1 atom stereocenters. The number of aliphatic hydroxyl groups is 1. The first-order valence-electron chi connectivity index (χ1n) is 7.49. The van der Waals surface area contributed by atoms with E-state index >= 15 is 0 Å². The molecule has 6 nitrogen and oxygen atoms in total. The smallest absolute Gasteiger partial charge is 0.252 e. The lowest BCUT2D eigenvalue weighted by Crippen LogP contribution is -2.52. The van der Waals surface area contributed by atoms with Crippen molar-refractivity contribution in [3.8, 4) is 0 Å². The van der Waals surface area contributed by atoms with Gasteiger partial charge in [-0.15, -0.1) is 0 Å². The first-order valence-corrected chi connectivity index (χ1v) is 7.90. The summed E-state index contributed by atoms with van der Waals surface area (Å²) in [6, 6.07) is 0. The van der Waals surface area contributed by atoms with Crippen LogP contribution in [-0.2, 0) is 11.3 Å². The Kier molecular flexibility index (Phi) is 4.83. The summed E-state index contributed by atoms with van der Waals surface area (Å²) in [4.78, 5) is 12.1. The molecular formula is C14H24N4O2S. The minimum atomic E-state index is -1.27. The van der Waals surface area contributed by atoms with Gasteiger partial charge >= 0.3 is 0 Å². The fraction of sp³-hybridized carbons (Fsp3) is 0.786. The van der Waals surface area contributed by atoms with Crippen LogP contribution in [0.3, 0.4) is 0 Å². The summed E-state index contributed by atoms with van der Waals surface area (Å²) in [6.45, 7) is 6.67. The second-order valence-corrected chi connectivity index (χ2v) is 6.61. The molecule has 1 amide bonds. The number of hydrogen-bond donors (Lipinski definition) is 3. The number of H-pyrrole nitrogens is 1. The van der Waals surface area contributed by atoms with Gasteiger partial charge in [0, 0.05) is 19.0 Å². The molecule has 0 aromatic carbocycles. The van der Waals surface area contributed by atoms with Crippen molar-refractivity contribution in [1.29, 1.82) is 0 Å². The topological polar surface area (TPSA) is 82.9 Å². The van der Waals surface area contributed by atoms with E-state index in [1.807, 2.05) is 18.4 Å². The Labute approximate surface area is 129 Å². The summed E-state index contributed by atoms with van der Waals surface area (Å²) in [5.74, 6) is 0.917. The maximum absolute atomic E-state index is 12.1. The van der Waals surface area contributed by atoms with Crippen LogP contribution in [0.1, 0.15) is 51.8 Å². The maximum atomic E-state index is 12.1. The molecule has 0 spiro atoms. The summed E-state index contributed by atoms with van der Waals surface area (Å²) in [5, 5.41) is 20.1. The third kappa shape index (κ3) is 3.35. The first kappa shape index (κ1) is 16.2. The highest BCUT2D eigenvalue weighted by Crippen LogP contribution is 2.36. The van der Waals surface area contributed by atoms with E-state index in [9.17, 15) is 9.90 Å². The monoisotopic (exact) mass is 312 g/mol. The van der Waals surface area contributed by atoms with Crippen LogP contribution in [0.2, 0.25) is 0 Å². The lowest BCUT2D eigenvalue weighted by Gasteiger charge is -2.37. The van der Waals surface area contributed by atoms with Gasteiger partial charge in [0.05, 0.1) is 0 Å². The first-order chi connectivity index (χ1) is 9.84. The normalized spacial score (nSPS) is 18.3. The fourth-order valence-electron chi connectivity index (χ4n) is 2.60. The number of aromatic nitrogens is 3. The largest absolute Gasteiger partial charge is 0.380 e. The third-order valence-corrected chi connectivity index (χ3v) is 4.60. The van der Waals surface area contributed by atoms with Crippen molar-refractivity contribution in [2.24, 2.45) is 5.92 Å². The highest BCUT2D eigenvalue weighted by molar-refractivity contribution is 7.71. The Morgan fingerprint density at radius 1 is 1.62 bits per heavy atom. The summed E-state index contributed by atoms with van der Waals surface area (Å²) in [5.41, 5.74) is -1.27. The van der Waals surface area contributed by atoms with Gasteiger partial charge < -0.3 is 15.0 Å². The molecule has 2 rings (SSSR count). The molecule has 1 aliphatic rings. The molecule has 118 valence electrons. The third-order valence-electron chi connectivity index (χ3n) is 4.28. The second-order valence-electron chi connectivity index (χ2n) is 6.22. The maximum Gasteiger partial charge on any atom is 0.252 e. The quantitative estimate of drug-likeness (QED) is 0.699. The SMILES string of the molecule is CC(C)c1n[nH]c(=S)n1CCNC(=O)[C@](C)(O)C1CCC1. The number of amides is 1. The molecule has 1 saturated carbocycles. The van der Waals surface area contributed by atoms with E-state index in [4.69, 9.17) is 12.2 Å². The van der Waals surface area contributed by atoms with Gasteiger partial charge in [0.1, 0.15) is 11.4 Å². The molecule has 0 saturated heterocycles. The van der Waals surface area contributed by atoms with Crippen LogP contribution in [0.4, 0.5) is 0 Å². The lowest BCUT2D eigenvalue weighted by atomic mass is 9.73. The van der Waals surface area contributed by atoms with E-state index in [1.54, 1.807) is 6.92 Å². The zero-order valence-corrected chi connectivity index (χ0v) is 13.7. The molecular weight excluding hydrogens is 288 g/mol. The van der Waals surface area contributed by atoms with Crippen LogP contribution >= 0.6 is 12.2 Å². The number of carbonyl (C=O) groups is 1. The molecule has 1 fully saturated rings. The summed E-state index contributed by atoms with van der Waals surface area (Å²) in [6.07, 6.45) is 2.94. The highest BCUT2D eigenvalue weighted by atomic mass is 32.1. The average Bonchev–Trinajstić information content (AvgIpc) is 2.68. The van der Waals surface area contributed by atoms with E-state index in [-0.39, 0.29) is 17.7 Å². The standard InChI is InChI=1S/C14H24N4O2S/c1-9(2)11-16-17-13(21)18(11)8-7-15-12(19)14(3,20)10-5-4-6-10/h9-10,20H,4-8H2,1-3H3,(H,15,19)(H,17,21)/t14-/m1/s1. The van der Waals surface area contributed by atoms with Crippen molar-refractivity contribution in [3.63, 3.8) is 0 Å². The molecule has 1 aromatic heterocycles. The summed E-state index contributed by atoms with van der Waals surface area (Å²) < 4.78 is 2.44. The van der Waals surface area contributed by atoms with Crippen LogP contribution < -0.4 is 5.32 Å². The van der Waals surface area contributed by atoms with Crippen LogP contribution in [0, 0.1) is 10.7 Å².